The van der Waals surface area contributed by atoms with Gasteiger partial charge in [0.05, 0.1) is 18.6 Å². The summed E-state index contributed by atoms with van der Waals surface area (Å²) in [6.07, 6.45) is 3.67. The standard InChI is InChI=1S/C13H20F2N2/c1-9-16-7-11(17-9)12(15)10-3-5-13(2,8-14)6-4-10/h7,10,12H,3-6,8H2,1-2H3,(H,16,17). The lowest BCUT2D eigenvalue weighted by Gasteiger charge is -2.36. The first kappa shape index (κ1) is 12.5. The summed E-state index contributed by atoms with van der Waals surface area (Å²) >= 11 is 0. The number of imidazole rings is 1. The zero-order valence-electron chi connectivity index (χ0n) is 10.5. The Bertz CT molecular complexity index is 367. The van der Waals surface area contributed by atoms with Gasteiger partial charge in [0.25, 0.3) is 0 Å². The molecule has 96 valence electrons. The second-order valence-electron chi connectivity index (χ2n) is 5.61. The van der Waals surface area contributed by atoms with Crippen LogP contribution < -0.4 is 0 Å². The maximum Gasteiger partial charge on any atom is 0.144 e. The Morgan fingerprint density at radius 3 is 2.65 bits per heavy atom. The van der Waals surface area contributed by atoms with Crippen molar-refractivity contribution >= 4 is 0 Å². The lowest BCUT2D eigenvalue weighted by molar-refractivity contribution is 0.0865. The monoisotopic (exact) mass is 242 g/mol. The summed E-state index contributed by atoms with van der Waals surface area (Å²) in [5.41, 5.74) is 0.344. The molecule has 0 bridgehead atoms. The molecule has 0 aliphatic heterocycles. The Kier molecular flexibility index (Phi) is 3.50. The largest absolute Gasteiger partial charge is 0.344 e. The highest BCUT2D eigenvalue weighted by Gasteiger charge is 2.35. The van der Waals surface area contributed by atoms with E-state index in [0.29, 0.717) is 5.69 Å². The van der Waals surface area contributed by atoms with Gasteiger partial charge in [0.2, 0.25) is 0 Å². The van der Waals surface area contributed by atoms with Gasteiger partial charge in [0.1, 0.15) is 12.0 Å². The van der Waals surface area contributed by atoms with Crippen LogP contribution in [-0.2, 0) is 0 Å². The van der Waals surface area contributed by atoms with Gasteiger partial charge < -0.3 is 4.98 Å². The van der Waals surface area contributed by atoms with E-state index in [4.69, 9.17) is 0 Å². The van der Waals surface area contributed by atoms with Gasteiger partial charge in [-0.1, -0.05) is 6.92 Å². The fourth-order valence-electron chi connectivity index (χ4n) is 2.60. The number of nitrogens with one attached hydrogen (secondary N) is 1. The second kappa shape index (κ2) is 4.75. The number of aromatic amines is 1. The van der Waals surface area contributed by atoms with E-state index in [1.165, 1.54) is 0 Å². The molecule has 1 saturated carbocycles. The molecule has 1 atom stereocenters. The molecule has 2 nitrogen and oxygen atoms in total. The minimum atomic E-state index is -0.986. The first-order chi connectivity index (χ1) is 8.04. The third-order valence-corrected chi connectivity index (χ3v) is 3.99. The Morgan fingerprint density at radius 1 is 1.53 bits per heavy atom. The number of aromatic nitrogens is 2. The molecule has 1 unspecified atom stereocenters. The van der Waals surface area contributed by atoms with Crippen molar-refractivity contribution in [3.05, 3.63) is 17.7 Å². The summed E-state index contributed by atoms with van der Waals surface area (Å²) in [5, 5.41) is 0. The highest BCUT2D eigenvalue weighted by Crippen LogP contribution is 2.44. The van der Waals surface area contributed by atoms with Crippen molar-refractivity contribution < 1.29 is 8.78 Å². The van der Waals surface area contributed by atoms with Crippen molar-refractivity contribution in [1.82, 2.24) is 9.97 Å². The van der Waals surface area contributed by atoms with E-state index < -0.39 is 6.17 Å². The predicted molar refractivity (Wildman–Crippen MR) is 63.2 cm³/mol. The summed E-state index contributed by atoms with van der Waals surface area (Å²) in [6, 6.07) is 0. The van der Waals surface area contributed by atoms with Crippen molar-refractivity contribution in [2.75, 3.05) is 6.67 Å². The molecule has 1 heterocycles. The van der Waals surface area contributed by atoms with Gasteiger partial charge in [0.15, 0.2) is 0 Å². The molecular weight excluding hydrogens is 222 g/mol. The highest BCUT2D eigenvalue weighted by atomic mass is 19.1. The Balaban J connectivity index is 1.97. The molecule has 1 aliphatic carbocycles. The second-order valence-corrected chi connectivity index (χ2v) is 5.61. The summed E-state index contributed by atoms with van der Waals surface area (Å²) in [4.78, 5) is 6.97. The van der Waals surface area contributed by atoms with E-state index in [0.717, 1.165) is 31.5 Å². The van der Waals surface area contributed by atoms with Crippen molar-refractivity contribution in [3.63, 3.8) is 0 Å². The zero-order valence-corrected chi connectivity index (χ0v) is 10.5. The Morgan fingerprint density at radius 2 is 2.18 bits per heavy atom. The Labute approximate surface area is 101 Å². The minimum Gasteiger partial charge on any atom is -0.344 e. The molecule has 1 aromatic heterocycles. The maximum atomic E-state index is 14.2. The zero-order chi connectivity index (χ0) is 12.5. The number of hydrogen-bond acceptors (Lipinski definition) is 1. The molecule has 4 heteroatoms. The van der Waals surface area contributed by atoms with Crippen LogP contribution >= 0.6 is 0 Å². The number of alkyl halides is 2. The van der Waals surface area contributed by atoms with Crippen LogP contribution in [-0.4, -0.2) is 16.6 Å². The van der Waals surface area contributed by atoms with Crippen molar-refractivity contribution in [2.24, 2.45) is 11.3 Å². The van der Waals surface area contributed by atoms with Crippen LogP contribution in [0.2, 0.25) is 0 Å². The average Bonchev–Trinajstić information content (AvgIpc) is 2.76. The molecule has 1 N–H and O–H groups in total. The lowest BCUT2D eigenvalue weighted by Crippen LogP contribution is -2.28. The van der Waals surface area contributed by atoms with Crippen LogP contribution in [0.5, 0.6) is 0 Å². The fraction of sp³-hybridized carbons (Fsp3) is 0.769. The van der Waals surface area contributed by atoms with Gasteiger partial charge in [-0.05, 0) is 43.9 Å². The number of nitrogens with zero attached hydrogens (tertiary/aromatic N) is 1. The Hall–Kier alpha value is -0.930. The summed E-state index contributed by atoms with van der Waals surface area (Å²) < 4.78 is 27.0. The fourth-order valence-corrected chi connectivity index (χ4v) is 2.60. The average molecular weight is 242 g/mol. The molecule has 0 amide bonds. The van der Waals surface area contributed by atoms with Gasteiger partial charge in [-0.3, -0.25) is 4.39 Å². The third-order valence-electron chi connectivity index (χ3n) is 3.99. The van der Waals surface area contributed by atoms with Gasteiger partial charge in [0, 0.05) is 0 Å². The van der Waals surface area contributed by atoms with Gasteiger partial charge in [-0.15, -0.1) is 0 Å². The smallest absolute Gasteiger partial charge is 0.144 e. The van der Waals surface area contributed by atoms with Gasteiger partial charge in [-0.2, -0.15) is 0 Å². The molecule has 0 radical (unpaired) electrons. The molecule has 0 saturated heterocycles. The molecule has 2 rings (SSSR count). The first-order valence-corrected chi connectivity index (χ1v) is 6.26. The van der Waals surface area contributed by atoms with Crippen LogP contribution in [0.1, 0.15) is 50.3 Å². The van der Waals surface area contributed by atoms with Gasteiger partial charge in [-0.25, -0.2) is 9.37 Å². The van der Waals surface area contributed by atoms with E-state index in [1.54, 1.807) is 6.20 Å². The predicted octanol–water partition coefficient (Wildman–Crippen LogP) is 3.89. The summed E-state index contributed by atoms with van der Waals surface area (Å²) in [6.45, 7) is 3.48. The van der Waals surface area contributed by atoms with Crippen molar-refractivity contribution in [3.8, 4) is 0 Å². The number of rotatable bonds is 3. The van der Waals surface area contributed by atoms with Crippen LogP contribution in [0, 0.1) is 18.3 Å². The van der Waals surface area contributed by atoms with E-state index in [9.17, 15) is 8.78 Å². The molecular formula is C13H20F2N2. The molecule has 1 aromatic rings. The van der Waals surface area contributed by atoms with Crippen LogP contribution in [0.15, 0.2) is 6.20 Å². The molecule has 0 aromatic carbocycles. The number of H-pyrrole nitrogens is 1. The normalized spacial score (nSPS) is 31.4. The van der Waals surface area contributed by atoms with Crippen molar-refractivity contribution in [1.29, 1.82) is 0 Å². The molecule has 1 fully saturated rings. The number of halogens is 2. The van der Waals surface area contributed by atoms with E-state index in [-0.39, 0.29) is 18.0 Å². The van der Waals surface area contributed by atoms with Crippen LogP contribution in [0.4, 0.5) is 8.78 Å². The van der Waals surface area contributed by atoms with E-state index in [1.807, 2.05) is 13.8 Å². The first-order valence-electron chi connectivity index (χ1n) is 6.26. The SMILES string of the molecule is Cc1ncc(C(F)C2CCC(C)(CF)CC2)[nH]1. The van der Waals surface area contributed by atoms with E-state index in [2.05, 4.69) is 9.97 Å². The molecule has 17 heavy (non-hydrogen) atoms. The number of hydrogen-bond donors (Lipinski definition) is 1. The lowest BCUT2D eigenvalue weighted by atomic mass is 9.71. The topological polar surface area (TPSA) is 28.7 Å². The minimum absolute atomic E-state index is 0.00877. The third kappa shape index (κ3) is 2.67. The summed E-state index contributed by atoms with van der Waals surface area (Å²) in [7, 11) is 0. The van der Waals surface area contributed by atoms with Crippen LogP contribution in [0.3, 0.4) is 0 Å². The highest BCUT2D eigenvalue weighted by molar-refractivity contribution is 5.06. The van der Waals surface area contributed by atoms with Gasteiger partial charge >= 0.3 is 0 Å². The molecule has 0 spiro atoms. The van der Waals surface area contributed by atoms with Crippen LogP contribution in [0.25, 0.3) is 0 Å². The number of aryl methyl sites for hydroxylation is 1. The maximum absolute atomic E-state index is 14.2. The van der Waals surface area contributed by atoms with Crippen molar-refractivity contribution in [2.45, 2.75) is 45.7 Å². The summed E-state index contributed by atoms with van der Waals surface area (Å²) in [5.74, 6) is 0.751. The molecule has 1 aliphatic rings. The quantitative estimate of drug-likeness (QED) is 0.855. The van der Waals surface area contributed by atoms with E-state index >= 15 is 0 Å².